The molecule has 0 aliphatic rings. The van der Waals surface area contributed by atoms with E-state index in [4.69, 9.17) is 4.74 Å². The Kier molecular flexibility index (Phi) is 4.53. The third-order valence-electron chi connectivity index (χ3n) is 3.26. The lowest BCUT2D eigenvalue weighted by Gasteiger charge is -2.09. The van der Waals surface area contributed by atoms with Gasteiger partial charge in [0.2, 0.25) is 5.88 Å². The average Bonchev–Trinajstić information content (AvgIpc) is 2.43. The van der Waals surface area contributed by atoms with Gasteiger partial charge in [0.05, 0.1) is 7.11 Å². The molecule has 0 bridgehead atoms. The highest BCUT2D eigenvalue weighted by Gasteiger charge is 2.02. The van der Waals surface area contributed by atoms with Crippen molar-refractivity contribution >= 4 is 0 Å². The molecule has 1 aromatic carbocycles. The van der Waals surface area contributed by atoms with Crippen LogP contribution in [0.1, 0.15) is 22.3 Å². The molecule has 2 aromatic rings. The highest BCUT2D eigenvalue weighted by molar-refractivity contribution is 5.30. The number of benzene rings is 1. The Morgan fingerprint density at radius 3 is 2.68 bits per heavy atom. The predicted octanol–water partition coefficient (Wildman–Crippen LogP) is 3.00. The largest absolute Gasteiger partial charge is 0.481 e. The molecule has 3 heteroatoms. The minimum absolute atomic E-state index is 0.690. The van der Waals surface area contributed by atoms with Crippen LogP contribution in [0.4, 0.5) is 0 Å². The molecule has 0 amide bonds. The molecule has 0 spiro atoms. The Hall–Kier alpha value is -1.87. The number of rotatable bonds is 5. The van der Waals surface area contributed by atoms with Crippen molar-refractivity contribution in [1.82, 2.24) is 10.3 Å². The third kappa shape index (κ3) is 3.55. The van der Waals surface area contributed by atoms with Crippen LogP contribution in [0.2, 0.25) is 0 Å². The smallest absolute Gasteiger partial charge is 0.217 e. The van der Waals surface area contributed by atoms with Gasteiger partial charge in [-0.25, -0.2) is 4.98 Å². The Labute approximate surface area is 114 Å². The second-order valence-corrected chi connectivity index (χ2v) is 4.69. The van der Waals surface area contributed by atoms with Gasteiger partial charge in [0, 0.05) is 24.8 Å². The first-order chi connectivity index (χ1) is 9.20. The lowest BCUT2D eigenvalue weighted by Crippen LogP contribution is -2.13. The van der Waals surface area contributed by atoms with Crippen LogP contribution in [0.15, 0.2) is 36.5 Å². The molecule has 0 fully saturated rings. The SMILES string of the molecule is COc1ncccc1CNCc1ccc(C)c(C)c1. The fourth-order valence-corrected chi connectivity index (χ4v) is 2.00. The van der Waals surface area contributed by atoms with Gasteiger partial charge in [-0.05, 0) is 36.6 Å². The molecule has 0 unspecified atom stereocenters. The second-order valence-electron chi connectivity index (χ2n) is 4.69. The molecule has 0 aliphatic heterocycles. The first kappa shape index (κ1) is 13.6. The van der Waals surface area contributed by atoms with Gasteiger partial charge in [0.1, 0.15) is 0 Å². The molecule has 0 atom stereocenters. The van der Waals surface area contributed by atoms with Crippen LogP contribution in [0.25, 0.3) is 0 Å². The molecular formula is C16H20N2O. The maximum atomic E-state index is 5.23. The summed E-state index contributed by atoms with van der Waals surface area (Å²) in [5.41, 5.74) is 5.04. The van der Waals surface area contributed by atoms with Crippen molar-refractivity contribution in [3.63, 3.8) is 0 Å². The van der Waals surface area contributed by atoms with Gasteiger partial charge in [0.15, 0.2) is 0 Å². The molecule has 100 valence electrons. The van der Waals surface area contributed by atoms with E-state index < -0.39 is 0 Å². The van der Waals surface area contributed by atoms with Gasteiger partial charge in [0.25, 0.3) is 0 Å². The topological polar surface area (TPSA) is 34.1 Å². The second kappa shape index (κ2) is 6.34. The normalized spacial score (nSPS) is 10.5. The van der Waals surface area contributed by atoms with Crippen LogP contribution in [-0.4, -0.2) is 12.1 Å². The summed E-state index contributed by atoms with van der Waals surface area (Å²) in [7, 11) is 1.65. The van der Waals surface area contributed by atoms with Crippen molar-refractivity contribution in [2.45, 2.75) is 26.9 Å². The van der Waals surface area contributed by atoms with Crippen molar-refractivity contribution in [3.8, 4) is 5.88 Å². The summed E-state index contributed by atoms with van der Waals surface area (Å²) in [4.78, 5) is 4.19. The average molecular weight is 256 g/mol. The quantitative estimate of drug-likeness (QED) is 0.893. The molecule has 2 rings (SSSR count). The van der Waals surface area contributed by atoms with E-state index >= 15 is 0 Å². The fourth-order valence-electron chi connectivity index (χ4n) is 2.00. The van der Waals surface area contributed by atoms with E-state index in [1.54, 1.807) is 13.3 Å². The standard InChI is InChI=1S/C16H20N2O/c1-12-6-7-14(9-13(12)2)10-17-11-15-5-4-8-18-16(15)19-3/h4-9,17H,10-11H2,1-3H3. The van der Waals surface area contributed by atoms with E-state index in [9.17, 15) is 0 Å². The molecule has 1 N–H and O–H groups in total. The first-order valence-electron chi connectivity index (χ1n) is 6.45. The Morgan fingerprint density at radius 2 is 1.95 bits per heavy atom. The van der Waals surface area contributed by atoms with Crippen molar-refractivity contribution < 1.29 is 4.74 Å². The molecule has 0 aliphatic carbocycles. The minimum atomic E-state index is 0.690. The third-order valence-corrected chi connectivity index (χ3v) is 3.26. The van der Waals surface area contributed by atoms with Crippen LogP contribution >= 0.6 is 0 Å². The molecule has 0 saturated heterocycles. The van der Waals surface area contributed by atoms with E-state index in [0.29, 0.717) is 5.88 Å². The number of aryl methyl sites for hydroxylation is 2. The molecular weight excluding hydrogens is 236 g/mol. The maximum absolute atomic E-state index is 5.23. The molecule has 1 heterocycles. The molecule has 0 radical (unpaired) electrons. The van der Waals surface area contributed by atoms with Gasteiger partial charge >= 0.3 is 0 Å². The summed E-state index contributed by atoms with van der Waals surface area (Å²) in [5.74, 6) is 0.690. The number of hydrogen-bond acceptors (Lipinski definition) is 3. The number of nitrogens with zero attached hydrogens (tertiary/aromatic N) is 1. The number of ether oxygens (including phenoxy) is 1. The minimum Gasteiger partial charge on any atom is -0.481 e. The van der Waals surface area contributed by atoms with E-state index in [2.05, 4.69) is 42.3 Å². The number of methoxy groups -OCH3 is 1. The lowest BCUT2D eigenvalue weighted by atomic mass is 10.1. The summed E-state index contributed by atoms with van der Waals surface area (Å²) in [6.45, 7) is 5.87. The first-order valence-corrected chi connectivity index (χ1v) is 6.45. The van der Waals surface area contributed by atoms with Crippen LogP contribution in [0.5, 0.6) is 5.88 Å². The van der Waals surface area contributed by atoms with Crippen molar-refractivity contribution in [2.75, 3.05) is 7.11 Å². The summed E-state index contributed by atoms with van der Waals surface area (Å²) in [5, 5.41) is 3.42. The van der Waals surface area contributed by atoms with Gasteiger partial charge in [-0.3, -0.25) is 0 Å². The monoisotopic (exact) mass is 256 g/mol. The highest BCUT2D eigenvalue weighted by atomic mass is 16.5. The zero-order valence-electron chi connectivity index (χ0n) is 11.7. The summed E-state index contributed by atoms with van der Waals surface area (Å²) < 4.78 is 5.23. The van der Waals surface area contributed by atoms with E-state index in [0.717, 1.165) is 18.7 Å². The van der Waals surface area contributed by atoms with E-state index in [1.807, 2.05) is 12.1 Å². The molecule has 19 heavy (non-hydrogen) atoms. The van der Waals surface area contributed by atoms with Crippen molar-refractivity contribution in [3.05, 3.63) is 58.8 Å². The zero-order chi connectivity index (χ0) is 13.7. The summed E-state index contributed by atoms with van der Waals surface area (Å²) in [6, 6.07) is 10.5. The number of hydrogen-bond donors (Lipinski definition) is 1. The van der Waals surface area contributed by atoms with Crippen LogP contribution in [0, 0.1) is 13.8 Å². The van der Waals surface area contributed by atoms with Crippen LogP contribution in [0.3, 0.4) is 0 Å². The summed E-state index contributed by atoms with van der Waals surface area (Å²) in [6.07, 6.45) is 1.74. The molecule has 0 saturated carbocycles. The van der Waals surface area contributed by atoms with Crippen LogP contribution in [-0.2, 0) is 13.1 Å². The number of pyridine rings is 1. The molecule has 1 aromatic heterocycles. The zero-order valence-corrected chi connectivity index (χ0v) is 11.7. The van der Waals surface area contributed by atoms with Gasteiger partial charge in [-0.2, -0.15) is 0 Å². The van der Waals surface area contributed by atoms with Crippen LogP contribution < -0.4 is 10.1 Å². The van der Waals surface area contributed by atoms with Gasteiger partial charge < -0.3 is 10.1 Å². The lowest BCUT2D eigenvalue weighted by molar-refractivity contribution is 0.390. The Morgan fingerprint density at radius 1 is 1.11 bits per heavy atom. The number of aromatic nitrogens is 1. The maximum Gasteiger partial charge on any atom is 0.217 e. The highest BCUT2D eigenvalue weighted by Crippen LogP contribution is 2.14. The number of nitrogens with one attached hydrogen (secondary N) is 1. The Bertz CT molecular complexity index is 552. The van der Waals surface area contributed by atoms with Gasteiger partial charge in [-0.15, -0.1) is 0 Å². The van der Waals surface area contributed by atoms with E-state index in [1.165, 1.54) is 16.7 Å². The van der Waals surface area contributed by atoms with Crippen molar-refractivity contribution in [1.29, 1.82) is 0 Å². The summed E-state index contributed by atoms with van der Waals surface area (Å²) >= 11 is 0. The van der Waals surface area contributed by atoms with Gasteiger partial charge in [-0.1, -0.05) is 24.3 Å². The van der Waals surface area contributed by atoms with E-state index in [-0.39, 0.29) is 0 Å². The predicted molar refractivity (Wildman–Crippen MR) is 77.2 cm³/mol. The van der Waals surface area contributed by atoms with Crippen molar-refractivity contribution in [2.24, 2.45) is 0 Å². The Balaban J connectivity index is 1.94. The fraction of sp³-hybridized carbons (Fsp3) is 0.312. The molecule has 3 nitrogen and oxygen atoms in total.